The van der Waals surface area contributed by atoms with E-state index in [0.29, 0.717) is 5.82 Å². The maximum Gasteiger partial charge on any atom is 0.244 e. The van der Waals surface area contributed by atoms with Crippen molar-refractivity contribution in [2.45, 2.75) is 39.3 Å². The average molecular weight is 210 g/mol. The van der Waals surface area contributed by atoms with Gasteiger partial charge in [-0.15, -0.1) is 0 Å². The topological polar surface area (TPSA) is 72.9 Å². The molecular formula is C10H18N4O. The molecule has 15 heavy (non-hydrogen) atoms. The maximum atomic E-state index is 11.7. The molecule has 0 aliphatic heterocycles. The second kappa shape index (κ2) is 4.82. The molecule has 1 aromatic rings. The fourth-order valence-electron chi connectivity index (χ4n) is 1.15. The largest absolute Gasteiger partial charge is 0.382 e. The van der Waals surface area contributed by atoms with Gasteiger partial charge in [0.1, 0.15) is 11.9 Å². The van der Waals surface area contributed by atoms with E-state index in [0.717, 1.165) is 6.42 Å². The van der Waals surface area contributed by atoms with Crippen molar-refractivity contribution in [3.05, 3.63) is 12.3 Å². The van der Waals surface area contributed by atoms with E-state index in [2.05, 4.69) is 10.4 Å². The average Bonchev–Trinajstić information content (AvgIpc) is 2.63. The summed E-state index contributed by atoms with van der Waals surface area (Å²) in [7, 11) is 0. The molecule has 0 spiro atoms. The summed E-state index contributed by atoms with van der Waals surface area (Å²) in [4.78, 5) is 11.7. The van der Waals surface area contributed by atoms with Crippen LogP contribution in [0.3, 0.4) is 0 Å². The number of carbonyl (C=O) groups is 1. The molecule has 5 heteroatoms. The molecule has 1 rings (SSSR count). The van der Waals surface area contributed by atoms with Crippen LogP contribution in [-0.2, 0) is 4.79 Å². The van der Waals surface area contributed by atoms with Crippen LogP contribution in [0.15, 0.2) is 12.3 Å². The van der Waals surface area contributed by atoms with Crippen molar-refractivity contribution in [1.82, 2.24) is 15.1 Å². The minimum atomic E-state index is -0.323. The third-order valence-electron chi connectivity index (χ3n) is 2.41. The second-order valence-corrected chi connectivity index (χ2v) is 3.71. The predicted octanol–water partition coefficient (Wildman–Crippen LogP) is 0.941. The van der Waals surface area contributed by atoms with E-state index in [-0.39, 0.29) is 18.0 Å². The fourth-order valence-corrected chi connectivity index (χ4v) is 1.15. The van der Waals surface area contributed by atoms with Gasteiger partial charge in [-0.3, -0.25) is 9.48 Å². The fraction of sp³-hybridized carbons (Fsp3) is 0.600. The maximum absolute atomic E-state index is 11.7. The number of hydrogen-bond acceptors (Lipinski definition) is 3. The van der Waals surface area contributed by atoms with Gasteiger partial charge in [-0.05, 0) is 26.3 Å². The molecule has 2 atom stereocenters. The van der Waals surface area contributed by atoms with Gasteiger partial charge in [0, 0.05) is 12.2 Å². The van der Waals surface area contributed by atoms with Crippen LogP contribution in [0, 0.1) is 0 Å². The highest BCUT2D eigenvalue weighted by Crippen LogP contribution is 2.07. The lowest BCUT2D eigenvalue weighted by Crippen LogP contribution is -2.37. The summed E-state index contributed by atoms with van der Waals surface area (Å²) in [5.74, 6) is 0.394. The normalized spacial score (nSPS) is 14.6. The number of carbonyl (C=O) groups excluding carboxylic acids is 1. The zero-order valence-electron chi connectivity index (χ0n) is 9.40. The standard InChI is InChI=1S/C10H18N4O/c1-4-7(2)12-10(15)8(3)14-6-5-9(11)13-14/h5-8H,4H2,1-3H3,(H2,11,13)(H,12,15). The second-order valence-electron chi connectivity index (χ2n) is 3.71. The number of amides is 1. The number of aromatic nitrogens is 2. The van der Waals surface area contributed by atoms with Crippen LogP contribution < -0.4 is 11.1 Å². The van der Waals surface area contributed by atoms with E-state index in [1.54, 1.807) is 23.9 Å². The van der Waals surface area contributed by atoms with Crippen LogP contribution in [0.1, 0.15) is 33.2 Å². The van der Waals surface area contributed by atoms with Crippen LogP contribution in [0.25, 0.3) is 0 Å². The zero-order chi connectivity index (χ0) is 11.4. The Balaban J connectivity index is 2.60. The number of hydrogen-bond donors (Lipinski definition) is 2. The van der Waals surface area contributed by atoms with Gasteiger partial charge in [0.05, 0.1) is 0 Å². The Morgan fingerprint density at radius 2 is 2.33 bits per heavy atom. The molecule has 0 aliphatic carbocycles. The summed E-state index contributed by atoms with van der Waals surface area (Å²) in [6, 6.07) is 1.54. The summed E-state index contributed by atoms with van der Waals surface area (Å²) in [6.45, 7) is 5.80. The molecule has 84 valence electrons. The van der Waals surface area contributed by atoms with Crippen molar-refractivity contribution in [3.63, 3.8) is 0 Å². The third-order valence-corrected chi connectivity index (χ3v) is 2.41. The molecule has 0 radical (unpaired) electrons. The van der Waals surface area contributed by atoms with Gasteiger partial charge in [-0.25, -0.2) is 0 Å². The van der Waals surface area contributed by atoms with E-state index < -0.39 is 0 Å². The highest BCUT2D eigenvalue weighted by Gasteiger charge is 2.16. The quantitative estimate of drug-likeness (QED) is 0.776. The van der Waals surface area contributed by atoms with Crippen molar-refractivity contribution >= 4 is 11.7 Å². The molecule has 0 fully saturated rings. The molecule has 3 N–H and O–H groups in total. The van der Waals surface area contributed by atoms with Crippen LogP contribution in [-0.4, -0.2) is 21.7 Å². The SMILES string of the molecule is CCC(C)NC(=O)C(C)n1ccc(N)n1. The van der Waals surface area contributed by atoms with Crippen molar-refractivity contribution in [1.29, 1.82) is 0 Å². The number of nitrogens with two attached hydrogens (primary N) is 1. The Morgan fingerprint density at radius 1 is 1.67 bits per heavy atom. The molecule has 0 bridgehead atoms. The first kappa shape index (κ1) is 11.6. The van der Waals surface area contributed by atoms with E-state index >= 15 is 0 Å². The molecule has 1 aromatic heterocycles. The summed E-state index contributed by atoms with van der Waals surface area (Å²) in [6.07, 6.45) is 2.62. The highest BCUT2D eigenvalue weighted by molar-refractivity contribution is 5.80. The van der Waals surface area contributed by atoms with Gasteiger partial charge >= 0.3 is 0 Å². The smallest absolute Gasteiger partial charge is 0.244 e. The molecule has 0 saturated heterocycles. The summed E-state index contributed by atoms with van der Waals surface area (Å²) < 4.78 is 1.56. The molecule has 0 aromatic carbocycles. The first-order chi connectivity index (χ1) is 7.04. The number of anilines is 1. The van der Waals surface area contributed by atoms with E-state index in [4.69, 9.17) is 5.73 Å². The van der Waals surface area contributed by atoms with Gasteiger partial charge < -0.3 is 11.1 Å². The molecule has 2 unspecified atom stereocenters. The third kappa shape index (κ3) is 2.97. The lowest BCUT2D eigenvalue weighted by atomic mass is 10.2. The number of rotatable bonds is 4. The van der Waals surface area contributed by atoms with Gasteiger partial charge in [-0.2, -0.15) is 5.10 Å². The number of nitrogens with zero attached hydrogens (tertiary/aromatic N) is 2. The van der Waals surface area contributed by atoms with Gasteiger partial charge in [0.15, 0.2) is 0 Å². The highest BCUT2D eigenvalue weighted by atomic mass is 16.2. The summed E-state index contributed by atoms with van der Waals surface area (Å²) >= 11 is 0. The van der Waals surface area contributed by atoms with E-state index in [1.165, 1.54) is 0 Å². The van der Waals surface area contributed by atoms with Crippen molar-refractivity contribution in [2.24, 2.45) is 0 Å². The van der Waals surface area contributed by atoms with Gasteiger partial charge in [-0.1, -0.05) is 6.92 Å². The van der Waals surface area contributed by atoms with Crippen LogP contribution in [0.2, 0.25) is 0 Å². The Bertz CT molecular complexity index is 334. The van der Waals surface area contributed by atoms with Crippen LogP contribution in [0.5, 0.6) is 0 Å². The Labute approximate surface area is 89.6 Å². The van der Waals surface area contributed by atoms with Crippen molar-refractivity contribution < 1.29 is 4.79 Å². The Kier molecular flexibility index (Phi) is 3.71. The summed E-state index contributed by atoms with van der Waals surface area (Å²) in [5.41, 5.74) is 5.48. The van der Waals surface area contributed by atoms with Crippen molar-refractivity contribution in [3.8, 4) is 0 Å². The lowest BCUT2D eigenvalue weighted by Gasteiger charge is -2.16. The Hall–Kier alpha value is -1.52. The first-order valence-electron chi connectivity index (χ1n) is 5.15. The molecule has 0 saturated carbocycles. The molecule has 0 aliphatic rings. The lowest BCUT2D eigenvalue weighted by molar-refractivity contribution is -0.124. The number of nitrogens with one attached hydrogen (secondary N) is 1. The molecule has 1 heterocycles. The van der Waals surface area contributed by atoms with Crippen LogP contribution >= 0.6 is 0 Å². The van der Waals surface area contributed by atoms with E-state index in [9.17, 15) is 4.79 Å². The number of nitrogen functional groups attached to an aromatic ring is 1. The Morgan fingerprint density at radius 3 is 2.80 bits per heavy atom. The van der Waals surface area contributed by atoms with E-state index in [1.807, 2.05) is 13.8 Å². The van der Waals surface area contributed by atoms with Gasteiger partial charge in [0.25, 0.3) is 0 Å². The zero-order valence-corrected chi connectivity index (χ0v) is 9.40. The molecule has 5 nitrogen and oxygen atoms in total. The molecular weight excluding hydrogens is 192 g/mol. The summed E-state index contributed by atoms with van der Waals surface area (Å²) in [5, 5.41) is 6.89. The van der Waals surface area contributed by atoms with Crippen LogP contribution in [0.4, 0.5) is 5.82 Å². The van der Waals surface area contributed by atoms with Crippen molar-refractivity contribution in [2.75, 3.05) is 5.73 Å². The first-order valence-corrected chi connectivity index (χ1v) is 5.15. The predicted molar refractivity (Wildman–Crippen MR) is 59.2 cm³/mol. The van der Waals surface area contributed by atoms with Gasteiger partial charge in [0.2, 0.25) is 5.91 Å². The minimum Gasteiger partial charge on any atom is -0.382 e. The monoisotopic (exact) mass is 210 g/mol. The molecule has 1 amide bonds. The minimum absolute atomic E-state index is 0.0348.